The first-order valence-electron chi connectivity index (χ1n) is 12.3. The Bertz CT molecular complexity index is 1200. The number of aromatic nitrogens is 5. The number of halogens is 1. The third-order valence-electron chi connectivity index (χ3n) is 7.17. The monoisotopic (exact) mass is 484 g/mol. The molecule has 4 atom stereocenters. The second-order valence-electron chi connectivity index (χ2n) is 9.89. The van der Waals surface area contributed by atoms with Gasteiger partial charge in [0.1, 0.15) is 17.8 Å². The third-order valence-corrected chi connectivity index (χ3v) is 7.17. The molecule has 5 rings (SSSR count). The summed E-state index contributed by atoms with van der Waals surface area (Å²) in [6, 6.07) is 3.90. The Morgan fingerprint density at radius 1 is 1.23 bits per heavy atom. The topological polar surface area (TPSA) is 115 Å². The van der Waals surface area contributed by atoms with Crippen molar-refractivity contribution in [2.75, 3.05) is 41.3 Å². The normalized spacial score (nSPS) is 25.9. The SMILES string of the molecule is CC[C@H](C)n1nc(N2CC[C@@H](O)C2)c2cnc(Nc3ccnc(N4CCC(C)(O)C(F)C4)n3)cc21. The van der Waals surface area contributed by atoms with Crippen LogP contribution in [0, 0.1) is 0 Å². The first-order valence-corrected chi connectivity index (χ1v) is 12.3. The van der Waals surface area contributed by atoms with E-state index < -0.39 is 11.8 Å². The number of piperidine rings is 1. The van der Waals surface area contributed by atoms with Crippen molar-refractivity contribution in [3.8, 4) is 0 Å². The summed E-state index contributed by atoms with van der Waals surface area (Å²) in [5.41, 5.74) is -0.364. The average molecular weight is 485 g/mol. The van der Waals surface area contributed by atoms with Crippen molar-refractivity contribution >= 4 is 34.3 Å². The van der Waals surface area contributed by atoms with Gasteiger partial charge in [0, 0.05) is 44.1 Å². The lowest BCUT2D eigenvalue weighted by molar-refractivity contribution is -0.0332. The number of rotatable bonds is 6. The molecule has 2 aliphatic rings. The summed E-state index contributed by atoms with van der Waals surface area (Å²) in [5, 5.41) is 29.2. The molecule has 0 aliphatic carbocycles. The molecule has 0 aromatic carbocycles. The summed E-state index contributed by atoms with van der Waals surface area (Å²) in [6.07, 6.45) is 3.71. The number of hydrogen-bond acceptors (Lipinski definition) is 9. The summed E-state index contributed by atoms with van der Waals surface area (Å²) >= 11 is 0. The maximum Gasteiger partial charge on any atom is 0.227 e. The van der Waals surface area contributed by atoms with E-state index in [1.165, 1.54) is 6.92 Å². The van der Waals surface area contributed by atoms with E-state index in [0.29, 0.717) is 37.1 Å². The van der Waals surface area contributed by atoms with Gasteiger partial charge in [-0.15, -0.1) is 0 Å². The van der Waals surface area contributed by atoms with Crippen LogP contribution in [0.4, 0.5) is 27.8 Å². The first kappa shape index (κ1) is 23.7. The van der Waals surface area contributed by atoms with E-state index in [-0.39, 0.29) is 18.7 Å². The van der Waals surface area contributed by atoms with Crippen molar-refractivity contribution < 1.29 is 14.6 Å². The predicted octanol–water partition coefficient (Wildman–Crippen LogP) is 2.81. The Morgan fingerprint density at radius 2 is 2.06 bits per heavy atom. The summed E-state index contributed by atoms with van der Waals surface area (Å²) in [4.78, 5) is 17.3. The molecule has 0 bridgehead atoms. The van der Waals surface area contributed by atoms with Gasteiger partial charge in [-0.2, -0.15) is 10.1 Å². The highest BCUT2D eigenvalue weighted by Gasteiger charge is 2.38. The molecule has 10 nitrogen and oxygen atoms in total. The fraction of sp³-hybridized carbons (Fsp3) is 0.583. The van der Waals surface area contributed by atoms with Gasteiger partial charge < -0.3 is 25.3 Å². The van der Waals surface area contributed by atoms with Crippen molar-refractivity contribution in [1.82, 2.24) is 24.7 Å². The zero-order chi connectivity index (χ0) is 24.7. The van der Waals surface area contributed by atoms with Crippen LogP contribution < -0.4 is 15.1 Å². The lowest BCUT2D eigenvalue weighted by atomic mass is 9.92. The second kappa shape index (κ2) is 9.19. The number of β-amino-alcohol motifs (C(OH)–C–C–N with tert-alkyl or cyclic N) is 1. The maximum absolute atomic E-state index is 14.4. The molecule has 5 heterocycles. The smallest absolute Gasteiger partial charge is 0.227 e. The number of fused-ring (bicyclic) bond motifs is 1. The van der Waals surface area contributed by atoms with E-state index in [2.05, 4.69) is 39.0 Å². The molecule has 3 aromatic heterocycles. The number of alkyl halides is 1. The summed E-state index contributed by atoms with van der Waals surface area (Å²) in [6.45, 7) is 7.64. The van der Waals surface area contributed by atoms with E-state index in [1.807, 2.05) is 16.9 Å². The fourth-order valence-electron chi connectivity index (χ4n) is 4.64. The van der Waals surface area contributed by atoms with Crippen LogP contribution in [0.25, 0.3) is 10.9 Å². The van der Waals surface area contributed by atoms with E-state index in [0.717, 1.165) is 36.1 Å². The van der Waals surface area contributed by atoms with Crippen molar-refractivity contribution in [1.29, 1.82) is 0 Å². The van der Waals surface area contributed by atoms with Gasteiger partial charge in [-0.25, -0.2) is 14.4 Å². The molecular formula is C24H33FN8O2. The molecule has 11 heteroatoms. The van der Waals surface area contributed by atoms with Crippen LogP contribution in [-0.2, 0) is 0 Å². The van der Waals surface area contributed by atoms with Gasteiger partial charge in [0.15, 0.2) is 5.82 Å². The first-order chi connectivity index (χ1) is 16.7. The van der Waals surface area contributed by atoms with Crippen LogP contribution in [0.5, 0.6) is 0 Å². The Labute approximate surface area is 203 Å². The molecule has 2 unspecified atom stereocenters. The molecule has 0 saturated carbocycles. The van der Waals surface area contributed by atoms with Crippen LogP contribution in [0.2, 0.25) is 0 Å². The number of aliphatic hydroxyl groups excluding tert-OH is 1. The Kier molecular flexibility index (Phi) is 6.22. The summed E-state index contributed by atoms with van der Waals surface area (Å²) in [7, 11) is 0. The van der Waals surface area contributed by atoms with Gasteiger partial charge in [-0.1, -0.05) is 6.92 Å². The molecule has 35 heavy (non-hydrogen) atoms. The van der Waals surface area contributed by atoms with Gasteiger partial charge in [-0.3, -0.25) is 4.68 Å². The Hall–Kier alpha value is -3.05. The van der Waals surface area contributed by atoms with Crippen LogP contribution in [0.3, 0.4) is 0 Å². The molecule has 3 N–H and O–H groups in total. The maximum atomic E-state index is 14.4. The van der Waals surface area contributed by atoms with Gasteiger partial charge in [-0.05, 0) is 39.2 Å². The summed E-state index contributed by atoms with van der Waals surface area (Å²) in [5.74, 6) is 2.42. The van der Waals surface area contributed by atoms with E-state index >= 15 is 0 Å². The molecule has 2 fully saturated rings. The molecular weight excluding hydrogens is 451 g/mol. The average Bonchev–Trinajstić information content (AvgIpc) is 3.44. The highest BCUT2D eigenvalue weighted by molar-refractivity contribution is 5.92. The lowest BCUT2D eigenvalue weighted by Gasteiger charge is -2.38. The minimum absolute atomic E-state index is 0.0444. The van der Waals surface area contributed by atoms with E-state index in [9.17, 15) is 14.6 Å². The Balaban J connectivity index is 1.41. The number of hydrogen-bond donors (Lipinski definition) is 3. The van der Waals surface area contributed by atoms with Gasteiger partial charge in [0.2, 0.25) is 5.95 Å². The largest absolute Gasteiger partial charge is 0.391 e. The lowest BCUT2D eigenvalue weighted by Crippen LogP contribution is -2.52. The van der Waals surface area contributed by atoms with Gasteiger partial charge >= 0.3 is 0 Å². The van der Waals surface area contributed by atoms with Crippen molar-refractivity contribution in [3.63, 3.8) is 0 Å². The van der Waals surface area contributed by atoms with Crippen molar-refractivity contribution in [2.24, 2.45) is 0 Å². The van der Waals surface area contributed by atoms with Crippen LogP contribution in [0.1, 0.15) is 46.1 Å². The van der Waals surface area contributed by atoms with Gasteiger partial charge in [0.05, 0.1) is 29.2 Å². The quantitative estimate of drug-likeness (QED) is 0.486. The molecule has 2 saturated heterocycles. The molecule has 0 spiro atoms. The Morgan fingerprint density at radius 3 is 2.77 bits per heavy atom. The van der Waals surface area contributed by atoms with Crippen LogP contribution >= 0.6 is 0 Å². The molecule has 188 valence electrons. The highest BCUT2D eigenvalue weighted by Crippen LogP contribution is 2.33. The standard InChI is InChI=1S/C24H33FN8O2/c1-4-15(2)33-18-11-21(27-12-17(18)22(30-33)31-9-6-16(34)13-31)28-20-5-8-26-23(29-20)32-10-7-24(3,35)19(25)14-32/h5,8,11-12,15-16,19,34-35H,4,6-7,9-10,13-14H2,1-3H3,(H,26,27,28,29)/t15-,16+,19?,24?/m0/s1. The van der Waals surface area contributed by atoms with Gasteiger partial charge in [0.25, 0.3) is 0 Å². The minimum Gasteiger partial charge on any atom is -0.391 e. The summed E-state index contributed by atoms with van der Waals surface area (Å²) < 4.78 is 16.4. The van der Waals surface area contributed by atoms with Crippen LogP contribution in [0.15, 0.2) is 24.5 Å². The zero-order valence-corrected chi connectivity index (χ0v) is 20.4. The molecule has 2 aliphatic heterocycles. The molecule has 0 radical (unpaired) electrons. The minimum atomic E-state index is -1.37. The van der Waals surface area contributed by atoms with Crippen LogP contribution in [-0.4, -0.2) is 79.0 Å². The predicted molar refractivity (Wildman–Crippen MR) is 133 cm³/mol. The second-order valence-corrected chi connectivity index (χ2v) is 9.89. The number of nitrogens with one attached hydrogen (secondary N) is 1. The molecule has 0 amide bonds. The van der Waals surface area contributed by atoms with E-state index in [1.54, 1.807) is 17.2 Å². The van der Waals surface area contributed by atoms with E-state index in [4.69, 9.17) is 5.10 Å². The van der Waals surface area contributed by atoms with Crippen molar-refractivity contribution in [2.45, 2.75) is 64.0 Å². The van der Waals surface area contributed by atoms with Crippen molar-refractivity contribution in [3.05, 3.63) is 24.5 Å². The third kappa shape index (κ3) is 4.62. The number of nitrogens with zero attached hydrogens (tertiary/aromatic N) is 7. The number of pyridine rings is 1. The molecule has 3 aromatic rings. The number of aliphatic hydroxyl groups is 2. The highest BCUT2D eigenvalue weighted by atomic mass is 19.1. The zero-order valence-electron chi connectivity index (χ0n) is 20.4. The fourth-order valence-corrected chi connectivity index (χ4v) is 4.64. The number of anilines is 4.